The summed E-state index contributed by atoms with van der Waals surface area (Å²) in [6, 6.07) is 9.60. The van der Waals surface area contributed by atoms with Gasteiger partial charge in [0.25, 0.3) is 0 Å². The first-order valence-corrected chi connectivity index (χ1v) is 10.2. The van der Waals surface area contributed by atoms with Gasteiger partial charge in [0, 0.05) is 28.7 Å². The summed E-state index contributed by atoms with van der Waals surface area (Å²) in [5.41, 5.74) is 2.74. The molecule has 140 valence electrons. The number of benzene rings is 1. The molecule has 1 N–H and O–H groups in total. The minimum Gasteiger partial charge on any atom is -0.496 e. The first-order chi connectivity index (χ1) is 13.0. The fourth-order valence-corrected chi connectivity index (χ4v) is 4.15. The van der Waals surface area contributed by atoms with Crippen molar-refractivity contribution in [1.82, 2.24) is 4.98 Å². The topological polar surface area (TPSA) is 68.3 Å². The third-order valence-electron chi connectivity index (χ3n) is 3.98. The first-order valence-electron chi connectivity index (χ1n) is 8.46. The number of anilines is 1. The van der Waals surface area contributed by atoms with E-state index in [4.69, 9.17) is 4.74 Å². The number of ketones is 1. The molecule has 0 saturated heterocycles. The Morgan fingerprint density at radius 1 is 1.15 bits per heavy atom. The Labute approximate surface area is 166 Å². The highest BCUT2D eigenvalue weighted by Crippen LogP contribution is 2.33. The number of amides is 1. The number of rotatable bonds is 7. The summed E-state index contributed by atoms with van der Waals surface area (Å²) >= 11 is 2.80. The Hall–Kier alpha value is -2.51. The number of aromatic nitrogens is 1. The number of carbonyl (C=O) groups excluding carboxylic acids is 2. The molecule has 2 heterocycles. The van der Waals surface area contributed by atoms with Crippen molar-refractivity contribution < 1.29 is 14.3 Å². The van der Waals surface area contributed by atoms with E-state index in [2.05, 4.69) is 10.3 Å². The number of hydrogen-bond donors (Lipinski definition) is 1. The summed E-state index contributed by atoms with van der Waals surface area (Å²) in [4.78, 5) is 30.5. The van der Waals surface area contributed by atoms with Crippen LogP contribution in [0.1, 0.15) is 33.0 Å². The van der Waals surface area contributed by atoms with Gasteiger partial charge in [-0.15, -0.1) is 22.7 Å². The van der Waals surface area contributed by atoms with Crippen molar-refractivity contribution in [2.75, 3.05) is 12.4 Å². The first kappa shape index (κ1) is 19.3. The normalized spacial score (nSPS) is 10.6. The number of Topliss-reactive ketones (excluding diaryl/α,β-unsaturated/α-hetero) is 1. The number of ether oxygens (including phenoxy) is 1. The van der Waals surface area contributed by atoms with Crippen LogP contribution in [0.2, 0.25) is 0 Å². The van der Waals surface area contributed by atoms with Gasteiger partial charge in [-0.05, 0) is 38.1 Å². The second-order valence-electron chi connectivity index (χ2n) is 6.12. The number of carbonyl (C=O) groups is 2. The van der Waals surface area contributed by atoms with E-state index in [1.54, 1.807) is 7.11 Å². The van der Waals surface area contributed by atoms with Crippen molar-refractivity contribution in [2.45, 2.75) is 26.7 Å². The van der Waals surface area contributed by atoms with Gasteiger partial charge < -0.3 is 10.1 Å². The second kappa shape index (κ2) is 8.45. The van der Waals surface area contributed by atoms with Crippen molar-refractivity contribution in [2.24, 2.45) is 0 Å². The highest BCUT2D eigenvalue weighted by atomic mass is 32.1. The lowest BCUT2D eigenvalue weighted by Crippen LogP contribution is -2.13. The molecule has 0 bridgehead atoms. The SMILES string of the molecule is COc1ccc(C)cc1-c1csc(NC(=O)CCC(=O)c2ccc(C)s2)n1. The predicted octanol–water partition coefficient (Wildman–Crippen LogP) is 5.10. The molecule has 0 spiro atoms. The number of thiazole rings is 1. The molecule has 0 aliphatic rings. The maximum absolute atomic E-state index is 12.2. The van der Waals surface area contributed by atoms with Gasteiger partial charge >= 0.3 is 0 Å². The molecule has 3 aromatic rings. The van der Waals surface area contributed by atoms with Crippen LogP contribution in [-0.2, 0) is 4.79 Å². The lowest BCUT2D eigenvalue weighted by Gasteiger charge is -2.07. The second-order valence-corrected chi connectivity index (χ2v) is 8.27. The lowest BCUT2D eigenvalue weighted by atomic mass is 10.1. The Kier molecular flexibility index (Phi) is 6.03. The van der Waals surface area contributed by atoms with E-state index in [-0.39, 0.29) is 24.5 Å². The molecule has 1 amide bonds. The molecule has 0 aliphatic heterocycles. The fourth-order valence-electron chi connectivity index (χ4n) is 2.59. The zero-order valence-corrected chi connectivity index (χ0v) is 17.0. The molecule has 1 aromatic carbocycles. The van der Waals surface area contributed by atoms with Crippen LogP contribution in [-0.4, -0.2) is 23.8 Å². The molecule has 5 nitrogen and oxygen atoms in total. The van der Waals surface area contributed by atoms with E-state index in [1.807, 2.05) is 49.6 Å². The largest absolute Gasteiger partial charge is 0.496 e. The maximum atomic E-state index is 12.2. The minimum absolute atomic E-state index is 0.00688. The number of methoxy groups -OCH3 is 1. The average molecular weight is 401 g/mol. The van der Waals surface area contributed by atoms with E-state index < -0.39 is 0 Å². The number of nitrogens with one attached hydrogen (secondary N) is 1. The van der Waals surface area contributed by atoms with Gasteiger partial charge in [-0.3, -0.25) is 9.59 Å². The molecule has 0 unspecified atom stereocenters. The summed E-state index contributed by atoms with van der Waals surface area (Å²) in [6.07, 6.45) is 0.328. The Morgan fingerprint density at radius 2 is 1.96 bits per heavy atom. The van der Waals surface area contributed by atoms with Gasteiger partial charge in [-0.25, -0.2) is 4.98 Å². The molecular formula is C20H20N2O3S2. The Bertz CT molecular complexity index is 975. The van der Waals surface area contributed by atoms with Crippen molar-refractivity contribution >= 4 is 39.5 Å². The van der Waals surface area contributed by atoms with Crippen molar-refractivity contribution in [3.8, 4) is 17.0 Å². The summed E-state index contributed by atoms with van der Waals surface area (Å²) in [7, 11) is 1.62. The molecule has 0 aliphatic carbocycles. The fraction of sp³-hybridized carbons (Fsp3) is 0.250. The van der Waals surface area contributed by atoms with Crippen LogP contribution in [0.4, 0.5) is 5.13 Å². The number of aryl methyl sites for hydroxylation is 2. The summed E-state index contributed by atoms with van der Waals surface area (Å²) in [5.74, 6) is 0.516. The number of nitrogens with zero attached hydrogens (tertiary/aromatic N) is 1. The van der Waals surface area contributed by atoms with Crippen LogP contribution in [0.25, 0.3) is 11.3 Å². The van der Waals surface area contributed by atoms with Crippen LogP contribution in [0.3, 0.4) is 0 Å². The molecule has 2 aromatic heterocycles. The molecule has 7 heteroatoms. The molecule has 0 radical (unpaired) electrons. The number of hydrogen-bond acceptors (Lipinski definition) is 6. The number of thiophene rings is 1. The quantitative estimate of drug-likeness (QED) is 0.560. The zero-order valence-electron chi connectivity index (χ0n) is 15.4. The van der Waals surface area contributed by atoms with Crippen molar-refractivity contribution in [3.63, 3.8) is 0 Å². The minimum atomic E-state index is -0.214. The smallest absolute Gasteiger partial charge is 0.226 e. The maximum Gasteiger partial charge on any atom is 0.226 e. The van der Waals surface area contributed by atoms with Gasteiger partial charge in [0.1, 0.15) is 5.75 Å². The standard InChI is InChI=1S/C20H20N2O3S2/c1-12-4-7-17(25-3)14(10-12)15-11-26-20(21-15)22-19(24)9-6-16(23)18-8-5-13(2)27-18/h4-5,7-8,10-11H,6,9H2,1-3H3,(H,21,22,24). The van der Waals surface area contributed by atoms with Gasteiger partial charge in [-0.1, -0.05) is 11.6 Å². The summed E-state index contributed by atoms with van der Waals surface area (Å²) in [6.45, 7) is 3.96. The van der Waals surface area contributed by atoms with Gasteiger partial charge in [0.05, 0.1) is 17.7 Å². The third kappa shape index (κ3) is 4.81. The van der Waals surface area contributed by atoms with E-state index in [9.17, 15) is 9.59 Å². The lowest BCUT2D eigenvalue weighted by molar-refractivity contribution is -0.116. The highest BCUT2D eigenvalue weighted by molar-refractivity contribution is 7.14. The van der Waals surface area contributed by atoms with Gasteiger partial charge in [0.2, 0.25) is 5.91 Å². The van der Waals surface area contributed by atoms with Gasteiger partial charge in [0.15, 0.2) is 10.9 Å². The van der Waals surface area contributed by atoms with Crippen LogP contribution in [0.5, 0.6) is 5.75 Å². The zero-order chi connectivity index (χ0) is 19.4. The predicted molar refractivity (Wildman–Crippen MR) is 110 cm³/mol. The van der Waals surface area contributed by atoms with Crippen molar-refractivity contribution in [3.05, 3.63) is 51.0 Å². The average Bonchev–Trinajstić information content (AvgIpc) is 3.29. The molecule has 0 saturated carbocycles. The van der Waals surface area contributed by atoms with Crippen LogP contribution in [0, 0.1) is 13.8 Å². The molecule has 27 heavy (non-hydrogen) atoms. The van der Waals surface area contributed by atoms with E-state index >= 15 is 0 Å². The molecule has 0 atom stereocenters. The summed E-state index contributed by atoms with van der Waals surface area (Å²) in [5, 5.41) is 5.17. The van der Waals surface area contributed by atoms with Gasteiger partial charge in [-0.2, -0.15) is 0 Å². The molecule has 0 fully saturated rings. The molecule has 3 rings (SSSR count). The Morgan fingerprint density at radius 3 is 2.67 bits per heavy atom. The molecular weight excluding hydrogens is 380 g/mol. The highest BCUT2D eigenvalue weighted by Gasteiger charge is 2.14. The monoisotopic (exact) mass is 400 g/mol. The van der Waals surface area contributed by atoms with Crippen molar-refractivity contribution in [1.29, 1.82) is 0 Å². The van der Waals surface area contributed by atoms with Crippen LogP contribution < -0.4 is 10.1 Å². The van der Waals surface area contributed by atoms with Crippen LogP contribution in [0.15, 0.2) is 35.7 Å². The summed E-state index contributed by atoms with van der Waals surface area (Å²) < 4.78 is 5.39. The van der Waals surface area contributed by atoms with Crippen LogP contribution >= 0.6 is 22.7 Å². The third-order valence-corrected chi connectivity index (χ3v) is 5.78. The van der Waals surface area contributed by atoms with E-state index in [0.717, 1.165) is 27.4 Å². The Balaban J connectivity index is 1.61. The van der Waals surface area contributed by atoms with E-state index in [0.29, 0.717) is 10.0 Å². The van der Waals surface area contributed by atoms with E-state index in [1.165, 1.54) is 22.7 Å².